The quantitative estimate of drug-likeness (QED) is 0.599. The van der Waals surface area contributed by atoms with Crippen LogP contribution < -0.4 is 16.4 Å². The van der Waals surface area contributed by atoms with Gasteiger partial charge in [0.2, 0.25) is 5.95 Å². The summed E-state index contributed by atoms with van der Waals surface area (Å²) in [6.45, 7) is 0. The van der Waals surface area contributed by atoms with Crippen LogP contribution in [0.3, 0.4) is 0 Å². The standard InChI is InChI=1S/C23H28N6O/c1-29(2)22(30)17-8-7-16-14-18(10-9-15(16)13-17)26-21-11-12-25-23(28-21)27-20-6-4-3-5-19(20)24/h7-14,19-20H,3-6,24H2,1-2H3,(H2,25,26,27,28)/t19-,20+/m0/s1. The summed E-state index contributed by atoms with van der Waals surface area (Å²) in [4.78, 5) is 22.7. The summed E-state index contributed by atoms with van der Waals surface area (Å²) in [6.07, 6.45) is 6.20. The predicted octanol–water partition coefficient (Wildman–Crippen LogP) is 3.76. The van der Waals surface area contributed by atoms with Crippen LogP contribution in [0.5, 0.6) is 0 Å². The first-order chi connectivity index (χ1) is 14.5. The molecule has 1 amide bonds. The second-order valence-corrected chi connectivity index (χ2v) is 8.07. The lowest BCUT2D eigenvalue weighted by Gasteiger charge is -2.29. The molecule has 1 aromatic heterocycles. The van der Waals surface area contributed by atoms with E-state index < -0.39 is 0 Å². The molecule has 4 N–H and O–H groups in total. The van der Waals surface area contributed by atoms with Crippen molar-refractivity contribution in [3.63, 3.8) is 0 Å². The second-order valence-electron chi connectivity index (χ2n) is 8.07. The highest BCUT2D eigenvalue weighted by atomic mass is 16.2. The van der Waals surface area contributed by atoms with Crippen molar-refractivity contribution in [2.75, 3.05) is 24.7 Å². The fourth-order valence-corrected chi connectivity index (χ4v) is 3.87. The van der Waals surface area contributed by atoms with Gasteiger partial charge in [-0.2, -0.15) is 4.98 Å². The topological polar surface area (TPSA) is 96.2 Å². The van der Waals surface area contributed by atoms with Gasteiger partial charge in [-0.3, -0.25) is 4.79 Å². The van der Waals surface area contributed by atoms with Crippen molar-refractivity contribution in [3.8, 4) is 0 Å². The van der Waals surface area contributed by atoms with Gasteiger partial charge < -0.3 is 21.3 Å². The number of amides is 1. The van der Waals surface area contributed by atoms with E-state index in [-0.39, 0.29) is 18.0 Å². The molecule has 2 atom stereocenters. The molecular weight excluding hydrogens is 376 g/mol. The zero-order chi connectivity index (χ0) is 21.1. The molecule has 1 aliphatic carbocycles. The highest BCUT2D eigenvalue weighted by Crippen LogP contribution is 2.24. The second kappa shape index (κ2) is 8.67. The molecule has 3 aromatic rings. The molecule has 1 heterocycles. The number of hydrogen-bond acceptors (Lipinski definition) is 6. The van der Waals surface area contributed by atoms with E-state index in [4.69, 9.17) is 5.73 Å². The summed E-state index contributed by atoms with van der Waals surface area (Å²) in [5, 5.41) is 8.80. The van der Waals surface area contributed by atoms with Gasteiger partial charge in [0.15, 0.2) is 0 Å². The Balaban J connectivity index is 1.49. The summed E-state index contributed by atoms with van der Waals surface area (Å²) in [5.74, 6) is 1.31. The van der Waals surface area contributed by atoms with E-state index >= 15 is 0 Å². The maximum absolute atomic E-state index is 12.2. The Bertz CT molecular complexity index is 1050. The van der Waals surface area contributed by atoms with Crippen LogP contribution in [0, 0.1) is 0 Å². The molecule has 0 bridgehead atoms. The summed E-state index contributed by atoms with van der Waals surface area (Å²) in [5.41, 5.74) is 7.84. The number of nitrogens with one attached hydrogen (secondary N) is 2. The summed E-state index contributed by atoms with van der Waals surface area (Å²) >= 11 is 0. The third-order valence-electron chi connectivity index (χ3n) is 5.56. The van der Waals surface area contributed by atoms with Crippen LogP contribution in [0.2, 0.25) is 0 Å². The lowest BCUT2D eigenvalue weighted by molar-refractivity contribution is 0.0828. The molecule has 7 nitrogen and oxygen atoms in total. The largest absolute Gasteiger partial charge is 0.350 e. The van der Waals surface area contributed by atoms with E-state index in [9.17, 15) is 4.79 Å². The fourth-order valence-electron chi connectivity index (χ4n) is 3.87. The van der Waals surface area contributed by atoms with E-state index in [1.165, 1.54) is 12.8 Å². The Labute approximate surface area is 176 Å². The van der Waals surface area contributed by atoms with Gasteiger partial charge in [0.25, 0.3) is 5.91 Å². The molecule has 0 radical (unpaired) electrons. The summed E-state index contributed by atoms with van der Waals surface area (Å²) in [6, 6.07) is 14.0. The molecule has 0 aliphatic heterocycles. The van der Waals surface area contributed by atoms with Gasteiger partial charge in [-0.15, -0.1) is 0 Å². The molecule has 7 heteroatoms. The minimum Gasteiger partial charge on any atom is -0.350 e. The number of anilines is 3. The number of rotatable bonds is 5. The van der Waals surface area contributed by atoms with E-state index in [1.54, 1.807) is 25.2 Å². The van der Waals surface area contributed by atoms with Crippen molar-refractivity contribution in [2.45, 2.75) is 37.8 Å². The van der Waals surface area contributed by atoms with Gasteiger partial charge in [-0.1, -0.05) is 25.0 Å². The number of benzene rings is 2. The van der Waals surface area contributed by atoms with E-state index in [2.05, 4.69) is 20.6 Å². The number of nitrogens with two attached hydrogens (primary N) is 1. The van der Waals surface area contributed by atoms with Crippen LogP contribution in [0.4, 0.5) is 17.5 Å². The third-order valence-corrected chi connectivity index (χ3v) is 5.56. The molecule has 0 saturated heterocycles. The maximum Gasteiger partial charge on any atom is 0.253 e. The lowest BCUT2D eigenvalue weighted by atomic mass is 9.91. The highest BCUT2D eigenvalue weighted by Gasteiger charge is 2.22. The molecule has 1 aliphatic rings. The molecule has 30 heavy (non-hydrogen) atoms. The van der Waals surface area contributed by atoms with Crippen LogP contribution in [-0.2, 0) is 0 Å². The van der Waals surface area contributed by atoms with Gasteiger partial charge >= 0.3 is 0 Å². The molecule has 2 aromatic carbocycles. The van der Waals surface area contributed by atoms with Crippen LogP contribution in [0.25, 0.3) is 10.8 Å². The van der Waals surface area contributed by atoms with Gasteiger partial charge in [0.1, 0.15) is 5.82 Å². The van der Waals surface area contributed by atoms with Gasteiger partial charge in [-0.25, -0.2) is 4.98 Å². The third kappa shape index (κ3) is 4.52. The highest BCUT2D eigenvalue weighted by molar-refractivity contribution is 5.99. The molecule has 4 rings (SSSR count). The van der Waals surface area contributed by atoms with Gasteiger partial charge in [0, 0.05) is 43.6 Å². The van der Waals surface area contributed by atoms with Gasteiger partial charge in [0.05, 0.1) is 0 Å². The molecular formula is C23H28N6O. The molecule has 0 spiro atoms. The van der Waals surface area contributed by atoms with Crippen LogP contribution in [-0.4, -0.2) is 47.0 Å². The lowest BCUT2D eigenvalue weighted by Crippen LogP contribution is -2.42. The molecule has 0 unspecified atom stereocenters. The van der Waals surface area contributed by atoms with Crippen LogP contribution in [0.1, 0.15) is 36.0 Å². The van der Waals surface area contributed by atoms with Crippen molar-refractivity contribution in [2.24, 2.45) is 5.73 Å². The smallest absolute Gasteiger partial charge is 0.253 e. The van der Waals surface area contributed by atoms with Crippen molar-refractivity contribution in [1.29, 1.82) is 0 Å². The summed E-state index contributed by atoms with van der Waals surface area (Å²) in [7, 11) is 3.51. The average molecular weight is 405 g/mol. The first-order valence-corrected chi connectivity index (χ1v) is 10.4. The average Bonchev–Trinajstić information content (AvgIpc) is 2.74. The SMILES string of the molecule is CN(C)C(=O)c1ccc2cc(Nc3ccnc(N[C@@H]4CCCC[C@@H]4N)n3)ccc2c1. The first-order valence-electron chi connectivity index (χ1n) is 10.4. The maximum atomic E-state index is 12.2. The number of carbonyl (C=O) groups is 1. The first kappa shape index (κ1) is 20.1. The van der Waals surface area contributed by atoms with E-state index in [1.807, 2.05) is 42.5 Å². The summed E-state index contributed by atoms with van der Waals surface area (Å²) < 4.78 is 0. The van der Waals surface area contributed by atoms with Crippen molar-refractivity contribution in [1.82, 2.24) is 14.9 Å². The molecule has 1 saturated carbocycles. The Morgan fingerprint density at radius 2 is 1.83 bits per heavy atom. The number of aromatic nitrogens is 2. The van der Waals surface area contributed by atoms with Crippen molar-refractivity contribution in [3.05, 3.63) is 54.2 Å². The van der Waals surface area contributed by atoms with Crippen LogP contribution >= 0.6 is 0 Å². The number of fused-ring (bicyclic) bond motifs is 1. The zero-order valence-electron chi connectivity index (χ0n) is 17.4. The number of hydrogen-bond donors (Lipinski definition) is 3. The Hall–Kier alpha value is -3.19. The van der Waals surface area contributed by atoms with Crippen molar-refractivity contribution < 1.29 is 4.79 Å². The molecule has 1 fully saturated rings. The monoisotopic (exact) mass is 404 g/mol. The minimum atomic E-state index is -0.00204. The Kier molecular flexibility index (Phi) is 5.81. The normalized spacial score (nSPS) is 18.8. The molecule has 156 valence electrons. The van der Waals surface area contributed by atoms with E-state index in [0.717, 1.165) is 35.1 Å². The zero-order valence-corrected chi connectivity index (χ0v) is 17.4. The minimum absolute atomic E-state index is 0.00204. The Morgan fingerprint density at radius 1 is 1.07 bits per heavy atom. The fraction of sp³-hybridized carbons (Fsp3) is 0.348. The number of nitrogens with zero attached hydrogens (tertiary/aromatic N) is 3. The predicted molar refractivity (Wildman–Crippen MR) is 121 cm³/mol. The van der Waals surface area contributed by atoms with Crippen molar-refractivity contribution >= 4 is 34.1 Å². The van der Waals surface area contributed by atoms with Gasteiger partial charge in [-0.05, 0) is 53.9 Å². The van der Waals surface area contributed by atoms with E-state index in [0.29, 0.717) is 11.5 Å². The Morgan fingerprint density at radius 3 is 2.63 bits per heavy atom. The number of carbonyl (C=O) groups excluding carboxylic acids is 1. The van der Waals surface area contributed by atoms with Crippen LogP contribution in [0.15, 0.2) is 48.7 Å².